The van der Waals surface area contributed by atoms with Crippen molar-refractivity contribution in [3.63, 3.8) is 0 Å². The lowest BCUT2D eigenvalue weighted by Gasteiger charge is -2.12. The van der Waals surface area contributed by atoms with Gasteiger partial charge in [-0.05, 0) is 25.5 Å². The van der Waals surface area contributed by atoms with Gasteiger partial charge in [0.05, 0.1) is 0 Å². The van der Waals surface area contributed by atoms with E-state index in [2.05, 4.69) is 10.6 Å². The molecule has 0 radical (unpaired) electrons. The van der Waals surface area contributed by atoms with Crippen LogP contribution in [0.1, 0.15) is 18.9 Å². The second-order valence-electron chi connectivity index (χ2n) is 4.09. The number of amides is 2. The van der Waals surface area contributed by atoms with E-state index in [-0.39, 0.29) is 6.42 Å². The number of carboxylic acid groups (broad SMARTS) is 1. The number of carbonyl (C=O) groups is 3. The topological polar surface area (TPSA) is 95.5 Å². The molecule has 1 atom stereocenters. The first-order chi connectivity index (χ1) is 8.93. The van der Waals surface area contributed by atoms with E-state index < -0.39 is 23.8 Å². The van der Waals surface area contributed by atoms with Crippen LogP contribution in [-0.2, 0) is 14.4 Å². The lowest BCUT2D eigenvalue weighted by molar-refractivity contribution is -0.143. The first kappa shape index (κ1) is 14.7. The maximum atomic E-state index is 11.6. The van der Waals surface area contributed by atoms with E-state index in [1.165, 1.54) is 0 Å². The molecule has 1 aromatic rings. The maximum Gasteiger partial charge on any atom is 0.326 e. The number of carboxylic acids is 1. The van der Waals surface area contributed by atoms with Crippen LogP contribution in [0.4, 0.5) is 5.69 Å². The Kier molecular flexibility index (Phi) is 5.05. The van der Waals surface area contributed by atoms with Crippen molar-refractivity contribution in [3.8, 4) is 0 Å². The molecule has 1 aromatic carbocycles. The quantitative estimate of drug-likeness (QED) is 0.704. The highest BCUT2D eigenvalue weighted by Gasteiger charge is 2.22. The van der Waals surface area contributed by atoms with Crippen LogP contribution in [0.2, 0.25) is 0 Å². The normalized spacial score (nSPS) is 11.5. The summed E-state index contributed by atoms with van der Waals surface area (Å²) in [5.41, 5.74) is 1.51. The molecule has 0 aliphatic heterocycles. The van der Waals surface area contributed by atoms with E-state index >= 15 is 0 Å². The summed E-state index contributed by atoms with van der Waals surface area (Å²) in [6, 6.07) is 5.85. The Morgan fingerprint density at radius 1 is 1.16 bits per heavy atom. The van der Waals surface area contributed by atoms with E-state index in [9.17, 15) is 14.4 Å². The molecule has 102 valence electrons. The van der Waals surface area contributed by atoms with Crippen molar-refractivity contribution in [2.45, 2.75) is 26.3 Å². The molecule has 0 aliphatic carbocycles. The predicted octanol–water partition coefficient (Wildman–Crippen LogP) is 0.913. The summed E-state index contributed by atoms with van der Waals surface area (Å²) in [6.45, 7) is 3.51. The molecule has 0 spiro atoms. The molecule has 1 rings (SSSR count). The van der Waals surface area contributed by atoms with Gasteiger partial charge in [0.25, 0.3) is 0 Å². The van der Waals surface area contributed by atoms with Gasteiger partial charge in [0.15, 0.2) is 0 Å². The van der Waals surface area contributed by atoms with Gasteiger partial charge < -0.3 is 15.7 Å². The SMILES string of the molecule is CC[C@H](NC(=O)C(=O)Nc1ccc(C)cc1)C(=O)O. The molecule has 6 heteroatoms. The fraction of sp³-hybridized carbons (Fsp3) is 0.308. The number of nitrogens with one attached hydrogen (secondary N) is 2. The lowest BCUT2D eigenvalue weighted by atomic mass is 10.2. The van der Waals surface area contributed by atoms with Crippen LogP contribution in [0.25, 0.3) is 0 Å². The van der Waals surface area contributed by atoms with Gasteiger partial charge in [-0.1, -0.05) is 24.6 Å². The van der Waals surface area contributed by atoms with Crippen LogP contribution in [0, 0.1) is 6.92 Å². The number of aryl methyl sites for hydroxylation is 1. The van der Waals surface area contributed by atoms with Gasteiger partial charge in [0.2, 0.25) is 0 Å². The van der Waals surface area contributed by atoms with Crippen molar-refractivity contribution >= 4 is 23.5 Å². The second kappa shape index (κ2) is 6.53. The molecule has 0 saturated carbocycles. The zero-order valence-electron chi connectivity index (χ0n) is 10.8. The third-order valence-electron chi connectivity index (χ3n) is 2.53. The Hall–Kier alpha value is -2.37. The van der Waals surface area contributed by atoms with E-state index in [1.807, 2.05) is 6.92 Å². The maximum absolute atomic E-state index is 11.6. The first-order valence-electron chi connectivity index (χ1n) is 5.85. The number of hydrogen-bond acceptors (Lipinski definition) is 3. The molecule has 0 fully saturated rings. The summed E-state index contributed by atoms with van der Waals surface area (Å²) in [6.07, 6.45) is 0.207. The Morgan fingerprint density at radius 3 is 2.21 bits per heavy atom. The van der Waals surface area contributed by atoms with Crippen molar-refractivity contribution in [2.24, 2.45) is 0 Å². The Bertz CT molecular complexity index is 482. The molecule has 0 saturated heterocycles. The van der Waals surface area contributed by atoms with Crippen LogP contribution >= 0.6 is 0 Å². The number of hydrogen-bond donors (Lipinski definition) is 3. The van der Waals surface area contributed by atoms with Crippen LogP contribution in [0.3, 0.4) is 0 Å². The number of carbonyl (C=O) groups excluding carboxylic acids is 2. The largest absolute Gasteiger partial charge is 0.480 e. The Labute approximate surface area is 110 Å². The minimum absolute atomic E-state index is 0.207. The Balaban J connectivity index is 2.60. The average molecular weight is 264 g/mol. The molecule has 0 unspecified atom stereocenters. The predicted molar refractivity (Wildman–Crippen MR) is 69.7 cm³/mol. The number of aliphatic carboxylic acids is 1. The van der Waals surface area contributed by atoms with E-state index in [1.54, 1.807) is 31.2 Å². The molecule has 0 heterocycles. The average Bonchev–Trinajstić information content (AvgIpc) is 2.37. The van der Waals surface area contributed by atoms with Crippen LogP contribution < -0.4 is 10.6 Å². The Morgan fingerprint density at radius 2 is 1.74 bits per heavy atom. The van der Waals surface area contributed by atoms with Gasteiger partial charge >= 0.3 is 17.8 Å². The van der Waals surface area contributed by atoms with Gasteiger partial charge in [0, 0.05) is 5.69 Å². The van der Waals surface area contributed by atoms with E-state index in [0.29, 0.717) is 5.69 Å². The fourth-order valence-corrected chi connectivity index (χ4v) is 1.39. The minimum Gasteiger partial charge on any atom is -0.480 e. The zero-order chi connectivity index (χ0) is 14.4. The van der Waals surface area contributed by atoms with E-state index in [4.69, 9.17) is 5.11 Å². The van der Waals surface area contributed by atoms with Crippen molar-refractivity contribution in [1.82, 2.24) is 5.32 Å². The minimum atomic E-state index is -1.17. The first-order valence-corrected chi connectivity index (χ1v) is 5.85. The van der Waals surface area contributed by atoms with Gasteiger partial charge in [0.1, 0.15) is 6.04 Å². The van der Waals surface area contributed by atoms with Crippen molar-refractivity contribution in [3.05, 3.63) is 29.8 Å². The zero-order valence-corrected chi connectivity index (χ0v) is 10.8. The number of anilines is 1. The van der Waals surface area contributed by atoms with E-state index in [0.717, 1.165) is 5.56 Å². The third-order valence-corrected chi connectivity index (χ3v) is 2.53. The van der Waals surface area contributed by atoms with Gasteiger partial charge in [-0.25, -0.2) is 4.79 Å². The van der Waals surface area contributed by atoms with Crippen molar-refractivity contribution < 1.29 is 19.5 Å². The molecule has 2 amide bonds. The molecule has 3 N–H and O–H groups in total. The third kappa shape index (κ3) is 4.42. The summed E-state index contributed by atoms with van der Waals surface area (Å²) >= 11 is 0. The van der Waals surface area contributed by atoms with Gasteiger partial charge in [-0.2, -0.15) is 0 Å². The smallest absolute Gasteiger partial charge is 0.326 e. The van der Waals surface area contributed by atoms with Crippen molar-refractivity contribution in [2.75, 3.05) is 5.32 Å². The molecule has 0 aliphatic rings. The molecular formula is C13H16N2O4. The molecule has 19 heavy (non-hydrogen) atoms. The standard InChI is InChI=1S/C13H16N2O4/c1-3-10(13(18)19)15-12(17)11(16)14-9-6-4-8(2)5-7-9/h4-7,10H,3H2,1-2H3,(H,14,16)(H,15,17)(H,18,19)/t10-/m0/s1. The summed E-state index contributed by atoms with van der Waals surface area (Å²) < 4.78 is 0. The summed E-state index contributed by atoms with van der Waals surface area (Å²) in [4.78, 5) is 33.8. The highest BCUT2D eigenvalue weighted by molar-refractivity contribution is 6.40. The summed E-state index contributed by atoms with van der Waals surface area (Å²) in [5.74, 6) is -3.02. The lowest BCUT2D eigenvalue weighted by Crippen LogP contribution is -2.45. The van der Waals surface area contributed by atoms with Crippen LogP contribution in [0.15, 0.2) is 24.3 Å². The molecule has 0 aromatic heterocycles. The summed E-state index contributed by atoms with van der Waals surface area (Å²) in [7, 11) is 0. The number of benzene rings is 1. The van der Waals surface area contributed by atoms with Gasteiger partial charge in [-0.3, -0.25) is 9.59 Å². The monoisotopic (exact) mass is 264 g/mol. The highest BCUT2D eigenvalue weighted by Crippen LogP contribution is 2.08. The molecule has 6 nitrogen and oxygen atoms in total. The second-order valence-corrected chi connectivity index (χ2v) is 4.09. The summed E-state index contributed by atoms with van der Waals surface area (Å²) in [5, 5.41) is 13.3. The van der Waals surface area contributed by atoms with Crippen LogP contribution in [-0.4, -0.2) is 28.9 Å². The fourth-order valence-electron chi connectivity index (χ4n) is 1.39. The number of rotatable bonds is 4. The van der Waals surface area contributed by atoms with Crippen molar-refractivity contribution in [1.29, 1.82) is 0 Å². The van der Waals surface area contributed by atoms with Crippen LogP contribution in [0.5, 0.6) is 0 Å². The molecular weight excluding hydrogens is 248 g/mol. The highest BCUT2D eigenvalue weighted by atomic mass is 16.4. The molecule has 0 bridgehead atoms. The van der Waals surface area contributed by atoms with Gasteiger partial charge in [-0.15, -0.1) is 0 Å².